The SMILES string of the molecule is CC(=O)OCC(=O)O/N=C(/N)c1ccc(C(C)(c2ccc(OCc3ccccn3)cn2)C(C)C)cc1.CC(=O)OCc1nc(-c2ccc(C(C)(c3ccc(OCc4ccccn4)cn3)C(C)C)cc2)no1.CC(C)C(C)(c1ccc(/C(N)=N\O)cc1)c1ccc(OCc2ccccn2)cn1.[C-]#[N+]c1ccc(C(C)(c2ccc(OCc3ccccn3)cn2)C(C)C)cc1. The van der Waals surface area contributed by atoms with Gasteiger partial charge in [0.05, 0.1) is 76.9 Å². The van der Waals surface area contributed by atoms with E-state index in [0.29, 0.717) is 78.2 Å². The van der Waals surface area contributed by atoms with Crippen LogP contribution in [-0.4, -0.2) is 91.4 Å². The lowest BCUT2D eigenvalue weighted by molar-refractivity contribution is -0.157. The minimum absolute atomic E-state index is 0.0245. The molecule has 13 aromatic rings. The predicted molar refractivity (Wildman–Crippen MR) is 483 cm³/mol. The fourth-order valence-corrected chi connectivity index (χ4v) is 13.6. The summed E-state index contributed by atoms with van der Waals surface area (Å²) in [6, 6.07) is 69.8. The van der Waals surface area contributed by atoms with Gasteiger partial charge >= 0.3 is 17.9 Å². The number of hydrogen-bond donors (Lipinski definition) is 3. The summed E-state index contributed by atoms with van der Waals surface area (Å²) in [5.74, 6) is 2.92. The summed E-state index contributed by atoms with van der Waals surface area (Å²) in [5, 5.41) is 19.5. The highest BCUT2D eigenvalue weighted by molar-refractivity contribution is 5.98. The highest BCUT2D eigenvalue weighted by Crippen LogP contribution is 2.43. The molecule has 0 aliphatic carbocycles. The van der Waals surface area contributed by atoms with Crippen LogP contribution in [0.25, 0.3) is 16.2 Å². The van der Waals surface area contributed by atoms with Crippen LogP contribution in [0.3, 0.4) is 0 Å². The molecule has 0 aliphatic heterocycles. The second-order valence-corrected chi connectivity index (χ2v) is 31.8. The van der Waals surface area contributed by atoms with Crippen LogP contribution in [0.5, 0.6) is 23.0 Å². The third-order valence-corrected chi connectivity index (χ3v) is 22.7. The average molecular weight is 1710 g/mol. The van der Waals surface area contributed by atoms with Crippen LogP contribution in [0.2, 0.25) is 0 Å². The smallest absolute Gasteiger partial charge is 0.372 e. The molecule has 0 aliphatic rings. The fraction of sp³-hybridized carbons (Fsp3) is 0.280. The molecule has 0 saturated carbocycles. The standard InChI is InChI=1S/C27H30N4O5.C27H28N4O4.C23H26N4O2.C23H23N3O/c1-18(2)27(4,24-13-12-23(15-30-24)35-16-22-7-5-6-14-29-22)21-10-8-20(9-11-21)26(28)31-36-25(33)17-34-19(3)32;1-18(2)27(4,24-13-12-23(15-29-24)34-16-22-7-5-6-14-28-22)21-10-8-20(9-11-21)26-30-25(35-31-26)17-33-19(3)32;1-16(2)23(3,18-9-7-17(8-10-18)22(24)27-28)21-12-11-20(14-26-21)29-15-19-6-4-5-13-25-19;1-17(2)23(3,18-8-10-19(24-4)11-9-18)22-13-12-21(15-26-22)27-16-20-7-5-6-14-25-20/h5-15,18H,16-17H2,1-4H3,(H2,28,31);5-15,18H,16-17H2,1-4H3;4-14,16,28H,15H2,1-3H3,(H2,24,27);5-15,17H,16H2,1-3H3. The Labute approximate surface area is 741 Å². The summed E-state index contributed by atoms with van der Waals surface area (Å²) < 4.78 is 37.9. The second kappa shape index (κ2) is 44.9. The van der Waals surface area contributed by atoms with Crippen LogP contribution in [0, 0.1) is 30.2 Å². The van der Waals surface area contributed by atoms with Crippen molar-refractivity contribution < 1.29 is 57.4 Å². The number of oxime groups is 2. The van der Waals surface area contributed by atoms with E-state index in [1.165, 1.54) is 13.8 Å². The summed E-state index contributed by atoms with van der Waals surface area (Å²) in [5.41, 5.74) is 24.7. The number of aromatic nitrogens is 10. The van der Waals surface area contributed by atoms with Crippen molar-refractivity contribution in [3.8, 4) is 34.4 Å². The normalized spacial score (nSPS) is 13.2. The van der Waals surface area contributed by atoms with Gasteiger partial charge in [0.2, 0.25) is 5.82 Å². The van der Waals surface area contributed by atoms with E-state index in [0.717, 1.165) is 79.1 Å². The van der Waals surface area contributed by atoms with Gasteiger partial charge in [-0.15, -0.1) is 0 Å². The highest BCUT2D eigenvalue weighted by Gasteiger charge is 2.38. The summed E-state index contributed by atoms with van der Waals surface area (Å²) in [6.45, 7) is 36.7. The molecule has 0 spiro atoms. The number of ether oxygens (including phenoxy) is 6. The molecule has 27 heteroatoms. The molecule has 4 unspecified atom stereocenters. The largest absolute Gasteiger partial charge is 0.486 e. The molecule has 9 heterocycles. The van der Waals surface area contributed by atoms with Crippen LogP contribution < -0.4 is 30.4 Å². The topological polar surface area (TPSA) is 359 Å². The number of pyridine rings is 8. The van der Waals surface area contributed by atoms with Gasteiger partial charge in [0.1, 0.15) is 49.4 Å². The average Bonchev–Trinajstić information content (AvgIpc) is 1.38. The van der Waals surface area contributed by atoms with Crippen molar-refractivity contribution in [2.24, 2.45) is 45.5 Å². The van der Waals surface area contributed by atoms with Gasteiger partial charge < -0.3 is 54.5 Å². The summed E-state index contributed by atoms with van der Waals surface area (Å²) in [7, 11) is 0. The summed E-state index contributed by atoms with van der Waals surface area (Å²) in [6.07, 6.45) is 14.0. The molecule has 9 aromatic heterocycles. The maximum absolute atomic E-state index is 11.6. The van der Waals surface area contributed by atoms with E-state index in [1.54, 1.807) is 61.7 Å². The van der Waals surface area contributed by atoms with Gasteiger partial charge in [-0.3, -0.25) is 49.5 Å². The second-order valence-electron chi connectivity index (χ2n) is 31.8. The lowest BCUT2D eigenvalue weighted by Crippen LogP contribution is -2.31. The lowest BCUT2D eigenvalue weighted by atomic mass is 9.70. The minimum atomic E-state index is -0.823. The first-order valence-corrected chi connectivity index (χ1v) is 41.4. The van der Waals surface area contributed by atoms with Crippen LogP contribution in [0.15, 0.2) is 283 Å². The van der Waals surface area contributed by atoms with Gasteiger partial charge in [0.25, 0.3) is 5.89 Å². The first-order chi connectivity index (χ1) is 61.0. The third-order valence-electron chi connectivity index (χ3n) is 22.7. The van der Waals surface area contributed by atoms with Gasteiger partial charge in [0, 0.05) is 77.0 Å². The minimum Gasteiger partial charge on any atom is -0.486 e. The van der Waals surface area contributed by atoms with Crippen molar-refractivity contribution in [1.82, 2.24) is 50.0 Å². The lowest BCUT2D eigenvalue weighted by Gasteiger charge is -2.34. The van der Waals surface area contributed by atoms with Crippen LogP contribution in [0.1, 0.15) is 182 Å². The molecule has 127 heavy (non-hydrogen) atoms. The van der Waals surface area contributed by atoms with E-state index in [4.69, 9.17) is 76.2 Å². The Kier molecular flexibility index (Phi) is 33.4. The molecule has 27 nitrogen and oxygen atoms in total. The Morgan fingerprint density at radius 3 is 1.02 bits per heavy atom. The monoisotopic (exact) mass is 1710 g/mol. The van der Waals surface area contributed by atoms with Crippen molar-refractivity contribution in [3.05, 3.63) is 364 Å². The van der Waals surface area contributed by atoms with Gasteiger partial charge in [-0.1, -0.05) is 192 Å². The number of amidine groups is 2. The molecule has 5 N–H and O–H groups in total. The molecular weight excluding hydrogens is 1600 g/mol. The number of benzene rings is 4. The van der Waals surface area contributed by atoms with Crippen LogP contribution in [-0.2, 0) is 83.4 Å². The Morgan fingerprint density at radius 1 is 0.417 bits per heavy atom. The van der Waals surface area contributed by atoms with E-state index >= 15 is 0 Å². The molecule has 4 aromatic carbocycles. The number of nitrogens with zero attached hydrogens (tertiary/aromatic N) is 13. The molecule has 0 amide bonds. The number of carbonyl (C=O) groups excluding carboxylic acids is 3. The molecular formula is C100H107N15O12. The molecule has 4 atom stereocenters. The molecule has 0 saturated heterocycles. The van der Waals surface area contributed by atoms with Crippen molar-refractivity contribution in [2.75, 3.05) is 6.61 Å². The molecule has 654 valence electrons. The molecule has 0 bridgehead atoms. The van der Waals surface area contributed by atoms with E-state index in [2.05, 4.69) is 145 Å². The Bertz CT molecular complexity index is 5740. The van der Waals surface area contributed by atoms with Crippen LogP contribution in [0.4, 0.5) is 5.69 Å². The zero-order valence-corrected chi connectivity index (χ0v) is 73.9. The zero-order valence-electron chi connectivity index (χ0n) is 73.9. The highest BCUT2D eigenvalue weighted by atomic mass is 16.7. The molecule has 0 fully saturated rings. The van der Waals surface area contributed by atoms with Gasteiger partial charge in [-0.05, 0) is 171 Å². The van der Waals surface area contributed by atoms with Crippen LogP contribution >= 0.6 is 0 Å². The summed E-state index contributed by atoms with van der Waals surface area (Å²) in [4.78, 5) is 81.7. The first-order valence-electron chi connectivity index (χ1n) is 41.4. The van der Waals surface area contributed by atoms with Gasteiger partial charge in [0.15, 0.2) is 30.6 Å². The van der Waals surface area contributed by atoms with Gasteiger partial charge in [-0.2, -0.15) is 4.98 Å². The Morgan fingerprint density at radius 2 is 0.740 bits per heavy atom. The molecule has 0 radical (unpaired) electrons. The predicted octanol–water partition coefficient (Wildman–Crippen LogP) is 18.6. The zero-order chi connectivity index (χ0) is 91.1. The first kappa shape index (κ1) is 94.3. The maximum Gasteiger partial charge on any atom is 0.372 e. The summed E-state index contributed by atoms with van der Waals surface area (Å²) >= 11 is 0. The van der Waals surface area contributed by atoms with E-state index in [-0.39, 0.29) is 57.7 Å². The van der Waals surface area contributed by atoms with Crippen molar-refractivity contribution in [2.45, 2.75) is 152 Å². The number of nitrogens with two attached hydrogens (primary N) is 2. The van der Waals surface area contributed by atoms with E-state index in [9.17, 15) is 14.4 Å². The third kappa shape index (κ3) is 25.2. The maximum atomic E-state index is 11.6. The van der Waals surface area contributed by atoms with Crippen molar-refractivity contribution >= 4 is 35.3 Å². The van der Waals surface area contributed by atoms with E-state index < -0.39 is 24.5 Å². The van der Waals surface area contributed by atoms with Crippen molar-refractivity contribution in [1.29, 1.82) is 0 Å². The van der Waals surface area contributed by atoms with Gasteiger partial charge in [-0.25, -0.2) is 9.64 Å². The fourth-order valence-electron chi connectivity index (χ4n) is 13.6. The quantitative estimate of drug-likeness (QED) is 0.00670. The number of carbonyl (C=O) groups is 3. The number of esters is 2. The van der Waals surface area contributed by atoms with E-state index in [1.807, 2.05) is 194 Å². The Hall–Kier alpha value is -14.9. The Balaban J connectivity index is 0.000000178. The number of rotatable bonds is 32. The number of hydrogen-bond acceptors (Lipinski definition) is 24. The van der Waals surface area contributed by atoms with Crippen molar-refractivity contribution in [3.63, 3.8) is 0 Å². The molecule has 13 rings (SSSR count).